The Morgan fingerprint density at radius 2 is 1.88 bits per heavy atom. The highest BCUT2D eigenvalue weighted by Gasteiger charge is 2.50. The van der Waals surface area contributed by atoms with Crippen molar-refractivity contribution in [2.75, 3.05) is 36.5 Å². The fourth-order valence-electron chi connectivity index (χ4n) is 6.00. The predicted octanol–water partition coefficient (Wildman–Crippen LogP) is 4.68. The Morgan fingerprint density at radius 3 is 2.51 bits per heavy atom. The van der Waals surface area contributed by atoms with Gasteiger partial charge in [0.1, 0.15) is 5.54 Å². The molecule has 13 heteroatoms. The van der Waals surface area contributed by atoms with Gasteiger partial charge < -0.3 is 10.2 Å². The maximum atomic E-state index is 14.9. The molecule has 43 heavy (non-hydrogen) atoms. The molecule has 3 aromatic rings. The van der Waals surface area contributed by atoms with E-state index in [-0.39, 0.29) is 17.9 Å². The first-order valence-corrected chi connectivity index (χ1v) is 16.2. The number of nitrogens with zero attached hydrogens (tertiary/aromatic N) is 6. The van der Waals surface area contributed by atoms with Gasteiger partial charge in [-0.15, -0.1) is 0 Å². The van der Waals surface area contributed by atoms with Crippen molar-refractivity contribution in [2.45, 2.75) is 49.5 Å². The van der Waals surface area contributed by atoms with Crippen LogP contribution in [0.25, 0.3) is 16.9 Å². The number of anilines is 1. The van der Waals surface area contributed by atoms with Crippen LogP contribution in [-0.2, 0) is 14.5 Å². The molecule has 0 bridgehead atoms. The second kappa shape index (κ2) is 11.0. The van der Waals surface area contributed by atoms with Crippen LogP contribution in [0.5, 0.6) is 0 Å². The fourth-order valence-corrected chi connectivity index (χ4v) is 7.58. The smallest absolute Gasteiger partial charge is 0.248 e. The normalized spacial score (nSPS) is 23.7. The van der Waals surface area contributed by atoms with Gasteiger partial charge in [-0.2, -0.15) is 10.4 Å². The average Bonchev–Trinajstić information content (AvgIpc) is 3.64. The second-order valence-electron chi connectivity index (χ2n) is 11.6. The first kappa shape index (κ1) is 29.2. The third-order valence-corrected chi connectivity index (χ3v) is 11.1. The molecule has 1 N–H and O–H groups in total. The van der Waals surface area contributed by atoms with Crippen LogP contribution in [-0.4, -0.2) is 68.0 Å². The Labute approximate surface area is 248 Å². The van der Waals surface area contributed by atoms with E-state index in [0.29, 0.717) is 48.6 Å². The summed E-state index contributed by atoms with van der Waals surface area (Å²) < 4.78 is 62.6. The number of carbonyl (C=O) groups is 1. The van der Waals surface area contributed by atoms with Gasteiger partial charge in [0.15, 0.2) is 11.6 Å². The van der Waals surface area contributed by atoms with Gasteiger partial charge in [0.25, 0.3) is 0 Å². The molecule has 3 aliphatic rings. The van der Waals surface area contributed by atoms with Gasteiger partial charge in [-0.1, -0.05) is 12.1 Å². The molecule has 2 atom stereocenters. The monoisotopic (exact) mass is 611 g/mol. The quantitative estimate of drug-likeness (QED) is 0.433. The summed E-state index contributed by atoms with van der Waals surface area (Å²) in [6.45, 7) is 1.19. The van der Waals surface area contributed by atoms with Crippen molar-refractivity contribution in [3.63, 3.8) is 0 Å². The van der Waals surface area contributed by atoms with Gasteiger partial charge in [-0.3, -0.25) is 4.79 Å². The molecular weight excluding hydrogens is 579 g/mol. The van der Waals surface area contributed by atoms with Crippen molar-refractivity contribution >= 4 is 21.3 Å². The third kappa shape index (κ3) is 5.85. The summed E-state index contributed by atoms with van der Waals surface area (Å²) in [6, 6.07) is 12.3. The highest BCUT2D eigenvalue weighted by atomic mass is 32.2. The van der Waals surface area contributed by atoms with Crippen LogP contribution in [0, 0.1) is 23.1 Å². The van der Waals surface area contributed by atoms with E-state index in [1.165, 1.54) is 23.0 Å². The standard InChI is InChI=1S/C30H32F3N7O2S/c1-35-43(42)15-13-39(14-16-43)21-6-4-20(5-7-21)24-18-40(27-25(31)3-2-12-36-27)38-26(24)23-17-30(32,33)9-8-22(23)28(41)37-29(19-34)10-11-29/h2-7,12,18,22-23H,8-11,13-17H2,1H3,(H,37,41)/t22-,23-/m1/s1. The van der Waals surface area contributed by atoms with E-state index in [9.17, 15) is 27.4 Å². The van der Waals surface area contributed by atoms with Gasteiger partial charge in [0, 0.05) is 89.7 Å². The number of amides is 1. The van der Waals surface area contributed by atoms with E-state index >= 15 is 0 Å². The molecule has 2 aromatic heterocycles. The predicted molar refractivity (Wildman–Crippen MR) is 156 cm³/mol. The summed E-state index contributed by atoms with van der Waals surface area (Å²) in [6.07, 6.45) is 2.90. The molecule has 0 unspecified atom stereocenters. The topological polar surface area (TPSA) is 116 Å². The zero-order valence-corrected chi connectivity index (χ0v) is 24.5. The minimum Gasteiger partial charge on any atom is -0.370 e. The highest BCUT2D eigenvalue weighted by Crippen LogP contribution is 2.48. The van der Waals surface area contributed by atoms with Crippen LogP contribution < -0.4 is 10.2 Å². The van der Waals surface area contributed by atoms with E-state index in [1.807, 2.05) is 24.3 Å². The minimum absolute atomic E-state index is 0.0730. The summed E-state index contributed by atoms with van der Waals surface area (Å²) in [5.41, 5.74) is 1.38. The molecule has 2 aliphatic carbocycles. The van der Waals surface area contributed by atoms with E-state index in [2.05, 4.69) is 30.7 Å². The molecule has 6 rings (SSSR count). The van der Waals surface area contributed by atoms with Gasteiger partial charge in [-0.25, -0.2) is 31.4 Å². The lowest BCUT2D eigenvalue weighted by Gasteiger charge is -2.35. The Hall–Kier alpha value is -3.92. The third-order valence-electron chi connectivity index (χ3n) is 8.78. The number of carbonyl (C=O) groups excluding carboxylic acids is 1. The summed E-state index contributed by atoms with van der Waals surface area (Å²) in [5, 5.41) is 16.9. The number of rotatable bonds is 6. The molecule has 0 radical (unpaired) electrons. The molecule has 1 saturated heterocycles. The van der Waals surface area contributed by atoms with Crippen LogP contribution >= 0.6 is 0 Å². The lowest BCUT2D eigenvalue weighted by molar-refractivity contribution is -0.131. The molecule has 9 nitrogen and oxygen atoms in total. The van der Waals surface area contributed by atoms with Crippen molar-refractivity contribution < 1.29 is 22.2 Å². The number of nitrogens with one attached hydrogen (secondary N) is 1. The minimum atomic E-state index is -3.02. The summed E-state index contributed by atoms with van der Waals surface area (Å²) in [7, 11) is -0.584. The Bertz CT molecular complexity index is 1690. The molecular formula is C30H32F3N7O2S. The fraction of sp³-hybridized carbons (Fsp3) is 0.467. The van der Waals surface area contributed by atoms with E-state index in [4.69, 9.17) is 0 Å². The van der Waals surface area contributed by atoms with Crippen LogP contribution in [0.2, 0.25) is 0 Å². The first-order valence-electron chi connectivity index (χ1n) is 14.3. The molecule has 3 heterocycles. The van der Waals surface area contributed by atoms with Gasteiger partial charge in [0.05, 0.1) is 11.8 Å². The van der Waals surface area contributed by atoms with E-state index in [1.54, 1.807) is 13.2 Å². The summed E-state index contributed by atoms with van der Waals surface area (Å²) >= 11 is 0. The van der Waals surface area contributed by atoms with Crippen LogP contribution in [0.15, 0.2) is 53.2 Å². The van der Waals surface area contributed by atoms with Crippen molar-refractivity contribution in [1.82, 2.24) is 20.1 Å². The number of pyridine rings is 1. The number of hydrogen-bond acceptors (Lipinski definition) is 7. The molecule has 226 valence electrons. The first-order chi connectivity index (χ1) is 20.5. The number of hydrogen-bond donors (Lipinski definition) is 1. The van der Waals surface area contributed by atoms with Gasteiger partial charge in [-0.05, 0) is 49.1 Å². The van der Waals surface area contributed by atoms with Crippen molar-refractivity contribution in [3.8, 4) is 23.0 Å². The average molecular weight is 612 g/mol. The van der Waals surface area contributed by atoms with Gasteiger partial charge >= 0.3 is 0 Å². The van der Waals surface area contributed by atoms with Crippen molar-refractivity contribution in [3.05, 3.63) is 60.3 Å². The number of halogens is 3. The Morgan fingerprint density at radius 1 is 1.16 bits per heavy atom. The lowest BCUT2D eigenvalue weighted by Crippen LogP contribution is -2.45. The number of alkyl halides is 2. The zero-order valence-electron chi connectivity index (χ0n) is 23.7. The highest BCUT2D eigenvalue weighted by molar-refractivity contribution is 7.93. The van der Waals surface area contributed by atoms with Crippen LogP contribution in [0.4, 0.5) is 18.9 Å². The molecule has 1 aromatic carbocycles. The van der Waals surface area contributed by atoms with Gasteiger partial charge in [0.2, 0.25) is 11.8 Å². The SMILES string of the molecule is CN=S1(=O)CCN(c2ccc(-c3cn(-c4ncccc4F)nc3[C@@H]3CC(F)(F)CC[C@H]3C(=O)NC3(C#N)CC3)cc2)CC1. The van der Waals surface area contributed by atoms with Crippen LogP contribution in [0.3, 0.4) is 0 Å². The lowest BCUT2D eigenvalue weighted by atomic mass is 9.74. The molecule has 0 spiro atoms. The van der Waals surface area contributed by atoms with Crippen molar-refractivity contribution in [2.24, 2.45) is 10.3 Å². The Balaban J connectivity index is 1.38. The molecule has 3 fully saturated rings. The van der Waals surface area contributed by atoms with Crippen LogP contribution in [0.1, 0.15) is 43.7 Å². The largest absolute Gasteiger partial charge is 0.370 e. The number of aromatic nitrogens is 3. The van der Waals surface area contributed by atoms with E-state index < -0.39 is 57.6 Å². The van der Waals surface area contributed by atoms with Crippen molar-refractivity contribution in [1.29, 1.82) is 5.26 Å². The molecule has 1 amide bonds. The maximum Gasteiger partial charge on any atom is 0.248 e. The zero-order chi connectivity index (χ0) is 30.4. The Kier molecular flexibility index (Phi) is 7.44. The molecule has 1 aliphatic heterocycles. The summed E-state index contributed by atoms with van der Waals surface area (Å²) in [4.78, 5) is 19.7. The number of benzene rings is 1. The second-order valence-corrected chi connectivity index (χ2v) is 14.3. The summed E-state index contributed by atoms with van der Waals surface area (Å²) in [5.74, 6) is -5.05. The maximum absolute atomic E-state index is 14.9. The van der Waals surface area contributed by atoms with E-state index in [0.717, 1.165) is 5.69 Å². The number of nitriles is 1. The molecule has 2 saturated carbocycles.